The highest BCUT2D eigenvalue weighted by molar-refractivity contribution is 5.89. The zero-order valence-electron chi connectivity index (χ0n) is 26.9. The lowest BCUT2D eigenvalue weighted by Gasteiger charge is -2.07. The number of pyridine rings is 2. The van der Waals surface area contributed by atoms with E-state index in [4.69, 9.17) is 0 Å². The molecule has 4 aromatic rings. The summed E-state index contributed by atoms with van der Waals surface area (Å²) in [5.74, 6) is 3.83. The monoisotopic (exact) mass is 553 g/mol. The van der Waals surface area contributed by atoms with E-state index in [-0.39, 0.29) is 0 Å². The number of benzene rings is 1. The van der Waals surface area contributed by atoms with E-state index in [1.807, 2.05) is 61.1 Å². The third kappa shape index (κ3) is 11.8. The zero-order chi connectivity index (χ0) is 30.4. The van der Waals surface area contributed by atoms with E-state index in [2.05, 4.69) is 112 Å². The van der Waals surface area contributed by atoms with Crippen molar-refractivity contribution >= 4 is 16.7 Å². The highest BCUT2D eigenvalue weighted by Gasteiger charge is 2.05. The van der Waals surface area contributed by atoms with Crippen LogP contribution < -0.4 is 0 Å². The lowest BCUT2D eigenvalue weighted by Crippen LogP contribution is -2.02. The van der Waals surface area contributed by atoms with E-state index in [1.54, 1.807) is 0 Å². The number of imidazole rings is 1. The maximum atomic E-state index is 4.46. The third-order valence-corrected chi connectivity index (χ3v) is 6.64. The fraction of sp³-hybridized carbons (Fsp3) is 0.444. The molecule has 0 unspecified atom stereocenters. The van der Waals surface area contributed by atoms with E-state index in [9.17, 15) is 0 Å². The SMILES string of the molecule is CC(C)C1=NC=CC1.CC(C)c1ccc(C(C)C)nc1.CC(C)c1ccccn1.CC(C)c1nc2ccccc2[nH]1. The van der Waals surface area contributed by atoms with Gasteiger partial charge in [-0.05, 0) is 59.6 Å². The molecule has 5 rings (SSSR count). The summed E-state index contributed by atoms with van der Waals surface area (Å²) in [6.45, 7) is 21.6. The molecule has 0 amide bonds. The zero-order valence-corrected chi connectivity index (χ0v) is 26.9. The Bertz CT molecular complexity index is 1270. The van der Waals surface area contributed by atoms with Gasteiger partial charge in [0.15, 0.2) is 0 Å². The summed E-state index contributed by atoms with van der Waals surface area (Å²) >= 11 is 0. The van der Waals surface area contributed by atoms with Gasteiger partial charge in [0, 0.05) is 48.0 Å². The quantitative estimate of drug-likeness (QED) is 0.267. The molecule has 0 saturated carbocycles. The first-order valence-electron chi connectivity index (χ1n) is 15.0. The van der Waals surface area contributed by atoms with Gasteiger partial charge in [-0.1, -0.05) is 99.6 Å². The first-order chi connectivity index (χ1) is 19.5. The topological polar surface area (TPSA) is 66.8 Å². The largest absolute Gasteiger partial charge is 0.342 e. The van der Waals surface area contributed by atoms with Gasteiger partial charge in [0.2, 0.25) is 0 Å². The number of para-hydroxylation sites is 2. The Balaban J connectivity index is 0.000000194. The molecule has 1 aliphatic heterocycles. The van der Waals surface area contributed by atoms with Crippen LogP contribution in [0.3, 0.4) is 0 Å². The number of hydrogen-bond acceptors (Lipinski definition) is 4. The van der Waals surface area contributed by atoms with Crippen molar-refractivity contribution in [1.82, 2.24) is 19.9 Å². The van der Waals surface area contributed by atoms with E-state index in [1.165, 1.54) is 17.0 Å². The Kier molecular flexibility index (Phi) is 14.2. The van der Waals surface area contributed by atoms with Crippen LogP contribution in [0.5, 0.6) is 0 Å². The average molecular weight is 554 g/mol. The fourth-order valence-corrected chi connectivity index (χ4v) is 3.82. The molecule has 5 heteroatoms. The maximum Gasteiger partial charge on any atom is 0.109 e. The first-order valence-corrected chi connectivity index (χ1v) is 15.0. The number of allylic oxidation sites excluding steroid dienone is 1. The van der Waals surface area contributed by atoms with Crippen molar-refractivity contribution in [2.45, 2.75) is 99.3 Å². The number of hydrogen-bond donors (Lipinski definition) is 1. The van der Waals surface area contributed by atoms with E-state index in [0.717, 1.165) is 29.0 Å². The van der Waals surface area contributed by atoms with Crippen LogP contribution in [0.4, 0.5) is 0 Å². The van der Waals surface area contributed by atoms with Gasteiger partial charge in [-0.2, -0.15) is 0 Å². The summed E-state index contributed by atoms with van der Waals surface area (Å²) in [5, 5.41) is 0. The number of nitrogens with zero attached hydrogens (tertiary/aromatic N) is 4. The number of nitrogens with one attached hydrogen (secondary N) is 1. The number of H-pyrrole nitrogens is 1. The van der Waals surface area contributed by atoms with Gasteiger partial charge in [0.1, 0.15) is 5.82 Å². The van der Waals surface area contributed by atoms with Gasteiger partial charge in [0.25, 0.3) is 0 Å². The predicted molar refractivity (Wildman–Crippen MR) is 177 cm³/mol. The molecule has 0 bridgehead atoms. The van der Waals surface area contributed by atoms with Crippen LogP contribution in [-0.4, -0.2) is 25.6 Å². The van der Waals surface area contributed by atoms with Crippen LogP contribution >= 0.6 is 0 Å². The van der Waals surface area contributed by atoms with Gasteiger partial charge in [-0.15, -0.1) is 0 Å². The molecule has 5 nitrogen and oxygen atoms in total. The highest BCUT2D eigenvalue weighted by Crippen LogP contribution is 2.17. The molecule has 0 spiro atoms. The summed E-state index contributed by atoms with van der Waals surface area (Å²) in [6.07, 6.45) is 8.86. The smallest absolute Gasteiger partial charge is 0.109 e. The van der Waals surface area contributed by atoms with Gasteiger partial charge in [-0.25, -0.2) is 4.98 Å². The minimum Gasteiger partial charge on any atom is -0.342 e. The predicted octanol–water partition coefficient (Wildman–Crippen LogP) is 10.2. The molecule has 1 aromatic carbocycles. The number of fused-ring (bicyclic) bond motifs is 1. The van der Waals surface area contributed by atoms with Gasteiger partial charge >= 0.3 is 0 Å². The lowest BCUT2D eigenvalue weighted by molar-refractivity contribution is 0.799. The molecule has 0 radical (unpaired) electrons. The second-order valence-electron chi connectivity index (χ2n) is 11.9. The van der Waals surface area contributed by atoms with Gasteiger partial charge < -0.3 is 4.98 Å². The van der Waals surface area contributed by atoms with Gasteiger partial charge in [-0.3, -0.25) is 15.0 Å². The van der Waals surface area contributed by atoms with Crippen LogP contribution in [0.15, 0.2) is 84.3 Å². The first kappa shape index (κ1) is 33.6. The Morgan fingerprint density at radius 2 is 1.29 bits per heavy atom. The van der Waals surface area contributed by atoms with Crippen molar-refractivity contribution in [3.05, 3.63) is 102 Å². The fourth-order valence-electron chi connectivity index (χ4n) is 3.82. The van der Waals surface area contributed by atoms with Gasteiger partial charge in [0.05, 0.1) is 11.0 Å². The minimum atomic E-state index is 0.470. The summed E-state index contributed by atoms with van der Waals surface area (Å²) in [5.41, 5.74) is 7.16. The summed E-state index contributed by atoms with van der Waals surface area (Å²) in [7, 11) is 0. The van der Waals surface area contributed by atoms with Crippen LogP contribution in [-0.2, 0) is 0 Å². The highest BCUT2D eigenvalue weighted by atomic mass is 14.9. The Morgan fingerprint density at radius 3 is 1.71 bits per heavy atom. The molecule has 1 aliphatic rings. The van der Waals surface area contributed by atoms with Crippen molar-refractivity contribution in [3.63, 3.8) is 0 Å². The van der Waals surface area contributed by atoms with Crippen LogP contribution in [0.2, 0.25) is 0 Å². The normalized spacial score (nSPS) is 12.2. The Hall–Kier alpha value is -3.60. The van der Waals surface area contributed by atoms with Crippen molar-refractivity contribution < 1.29 is 0 Å². The van der Waals surface area contributed by atoms with Crippen molar-refractivity contribution in [2.24, 2.45) is 10.9 Å². The maximum absolute atomic E-state index is 4.46. The molecule has 0 fully saturated rings. The molecule has 1 N–H and O–H groups in total. The molecule has 0 aliphatic carbocycles. The second-order valence-corrected chi connectivity index (χ2v) is 11.9. The molecule has 3 aromatic heterocycles. The summed E-state index contributed by atoms with van der Waals surface area (Å²) in [4.78, 5) is 20.5. The average Bonchev–Trinajstić information content (AvgIpc) is 3.66. The Morgan fingerprint density at radius 1 is 0.634 bits per heavy atom. The lowest BCUT2D eigenvalue weighted by atomic mass is 10.0. The number of aromatic amines is 1. The third-order valence-electron chi connectivity index (χ3n) is 6.64. The number of aromatic nitrogens is 4. The minimum absolute atomic E-state index is 0.470. The van der Waals surface area contributed by atoms with Crippen LogP contribution in [0, 0.1) is 5.92 Å². The van der Waals surface area contributed by atoms with E-state index >= 15 is 0 Å². The summed E-state index contributed by atoms with van der Waals surface area (Å²) in [6, 6.07) is 18.4. The molecule has 220 valence electrons. The second kappa shape index (κ2) is 17.3. The van der Waals surface area contributed by atoms with Crippen LogP contribution in [0.1, 0.15) is 122 Å². The van der Waals surface area contributed by atoms with Crippen molar-refractivity contribution in [2.75, 3.05) is 0 Å². The molecule has 0 saturated heterocycles. The van der Waals surface area contributed by atoms with Crippen molar-refractivity contribution in [3.8, 4) is 0 Å². The molecule has 41 heavy (non-hydrogen) atoms. The molecule has 4 heterocycles. The van der Waals surface area contributed by atoms with Crippen LogP contribution in [0.25, 0.3) is 11.0 Å². The molecular formula is C36H51N5. The number of aliphatic imine (C=N–C) groups is 1. The molecule has 0 atom stereocenters. The Labute approximate surface area is 248 Å². The molecular weight excluding hydrogens is 502 g/mol. The standard InChI is InChI=1S/C11H17N.C10H12N2.C8H11N.C7H11N/c1-8(2)10-5-6-11(9(3)4)12-7-10;1-7(2)10-11-8-5-3-4-6-9(8)12-10;1-7(2)8-5-3-4-6-9-8;1-6(2)7-4-3-5-8-7/h5-9H,1-4H3;3-7H,1-2H3,(H,11,12);3-7H,1-2H3;3,5-6H,4H2,1-2H3. The summed E-state index contributed by atoms with van der Waals surface area (Å²) < 4.78 is 0. The van der Waals surface area contributed by atoms with E-state index < -0.39 is 0 Å². The number of rotatable bonds is 5. The van der Waals surface area contributed by atoms with E-state index in [0.29, 0.717) is 29.6 Å². The van der Waals surface area contributed by atoms with Crippen molar-refractivity contribution in [1.29, 1.82) is 0 Å².